The molecular formula is C15H21N3O. The van der Waals surface area contributed by atoms with Crippen LogP contribution in [0.2, 0.25) is 0 Å². The van der Waals surface area contributed by atoms with Gasteiger partial charge in [-0.1, -0.05) is 12.1 Å². The molecule has 2 rings (SSSR count). The van der Waals surface area contributed by atoms with Crippen LogP contribution in [0.25, 0.3) is 0 Å². The van der Waals surface area contributed by atoms with Crippen molar-refractivity contribution in [3.05, 3.63) is 47.3 Å². The van der Waals surface area contributed by atoms with Crippen molar-refractivity contribution in [2.45, 2.75) is 26.3 Å². The van der Waals surface area contributed by atoms with E-state index in [1.165, 1.54) is 0 Å². The number of hydrogen-bond donors (Lipinski definition) is 2. The average molecular weight is 259 g/mol. The third-order valence-electron chi connectivity index (χ3n) is 3.25. The number of phenols is 1. The molecule has 4 heteroatoms. The Labute approximate surface area is 114 Å². The SMILES string of the molecule is Cc1ccc(C(C)NCCc2ccn(C)n2)c(O)c1. The topological polar surface area (TPSA) is 50.1 Å². The maximum atomic E-state index is 9.93. The summed E-state index contributed by atoms with van der Waals surface area (Å²) in [7, 11) is 1.92. The molecule has 0 aliphatic heterocycles. The molecule has 2 N–H and O–H groups in total. The Kier molecular flexibility index (Phi) is 4.22. The Hall–Kier alpha value is -1.81. The lowest BCUT2D eigenvalue weighted by atomic mass is 10.0. The molecule has 0 saturated heterocycles. The Morgan fingerprint density at radius 1 is 1.37 bits per heavy atom. The van der Waals surface area contributed by atoms with E-state index < -0.39 is 0 Å². The van der Waals surface area contributed by atoms with Crippen molar-refractivity contribution in [1.29, 1.82) is 0 Å². The van der Waals surface area contributed by atoms with Crippen LogP contribution in [-0.4, -0.2) is 21.4 Å². The largest absolute Gasteiger partial charge is 0.508 e. The molecule has 1 atom stereocenters. The number of aromatic hydroxyl groups is 1. The van der Waals surface area contributed by atoms with Gasteiger partial charge in [-0.15, -0.1) is 0 Å². The van der Waals surface area contributed by atoms with Gasteiger partial charge in [0.25, 0.3) is 0 Å². The van der Waals surface area contributed by atoms with Crippen molar-refractivity contribution < 1.29 is 5.11 Å². The third-order valence-corrected chi connectivity index (χ3v) is 3.25. The van der Waals surface area contributed by atoms with Gasteiger partial charge in [-0.3, -0.25) is 4.68 Å². The zero-order chi connectivity index (χ0) is 13.8. The van der Waals surface area contributed by atoms with E-state index in [4.69, 9.17) is 0 Å². The molecular weight excluding hydrogens is 238 g/mol. The van der Waals surface area contributed by atoms with Crippen molar-refractivity contribution in [1.82, 2.24) is 15.1 Å². The van der Waals surface area contributed by atoms with Crippen LogP contribution in [0.4, 0.5) is 0 Å². The summed E-state index contributed by atoms with van der Waals surface area (Å²) < 4.78 is 1.81. The molecule has 0 radical (unpaired) electrons. The van der Waals surface area contributed by atoms with Gasteiger partial charge in [0.2, 0.25) is 0 Å². The van der Waals surface area contributed by atoms with Crippen LogP contribution in [0.5, 0.6) is 5.75 Å². The van der Waals surface area contributed by atoms with E-state index in [0.717, 1.165) is 29.8 Å². The van der Waals surface area contributed by atoms with Gasteiger partial charge in [-0.05, 0) is 31.5 Å². The van der Waals surface area contributed by atoms with E-state index >= 15 is 0 Å². The van der Waals surface area contributed by atoms with Gasteiger partial charge in [0.1, 0.15) is 5.75 Å². The summed E-state index contributed by atoms with van der Waals surface area (Å²) in [5.74, 6) is 0.359. The van der Waals surface area contributed by atoms with Crippen LogP contribution in [-0.2, 0) is 13.5 Å². The molecule has 102 valence electrons. The second-order valence-electron chi connectivity index (χ2n) is 4.97. The predicted molar refractivity (Wildman–Crippen MR) is 76.2 cm³/mol. The lowest BCUT2D eigenvalue weighted by molar-refractivity contribution is 0.452. The van der Waals surface area contributed by atoms with Gasteiger partial charge in [-0.25, -0.2) is 0 Å². The van der Waals surface area contributed by atoms with Gasteiger partial charge in [-0.2, -0.15) is 5.10 Å². The lowest BCUT2D eigenvalue weighted by Gasteiger charge is -2.15. The minimum Gasteiger partial charge on any atom is -0.508 e. The van der Waals surface area contributed by atoms with E-state index in [9.17, 15) is 5.11 Å². The monoisotopic (exact) mass is 259 g/mol. The normalized spacial score (nSPS) is 12.6. The molecule has 19 heavy (non-hydrogen) atoms. The smallest absolute Gasteiger partial charge is 0.120 e. The molecule has 0 aliphatic carbocycles. The quantitative estimate of drug-likeness (QED) is 0.866. The van der Waals surface area contributed by atoms with Crippen LogP contribution >= 0.6 is 0 Å². The molecule has 4 nitrogen and oxygen atoms in total. The first-order valence-electron chi connectivity index (χ1n) is 6.57. The first kappa shape index (κ1) is 13.6. The van der Waals surface area contributed by atoms with Crippen LogP contribution < -0.4 is 5.32 Å². The summed E-state index contributed by atoms with van der Waals surface area (Å²) >= 11 is 0. The molecule has 0 amide bonds. The zero-order valence-electron chi connectivity index (χ0n) is 11.7. The Morgan fingerprint density at radius 3 is 2.79 bits per heavy atom. The van der Waals surface area contributed by atoms with E-state index in [0.29, 0.717) is 5.75 Å². The maximum Gasteiger partial charge on any atom is 0.120 e. The van der Waals surface area contributed by atoms with E-state index in [-0.39, 0.29) is 6.04 Å². The zero-order valence-corrected chi connectivity index (χ0v) is 11.7. The van der Waals surface area contributed by atoms with Gasteiger partial charge < -0.3 is 10.4 Å². The summed E-state index contributed by atoms with van der Waals surface area (Å²) in [4.78, 5) is 0. The summed E-state index contributed by atoms with van der Waals surface area (Å²) in [6.07, 6.45) is 2.84. The van der Waals surface area contributed by atoms with E-state index in [1.807, 2.05) is 43.0 Å². The fourth-order valence-electron chi connectivity index (χ4n) is 2.14. The minimum absolute atomic E-state index is 0.129. The molecule has 0 saturated carbocycles. The first-order valence-corrected chi connectivity index (χ1v) is 6.57. The van der Waals surface area contributed by atoms with Crippen molar-refractivity contribution in [2.75, 3.05) is 6.54 Å². The molecule has 0 bridgehead atoms. The highest BCUT2D eigenvalue weighted by Crippen LogP contribution is 2.24. The molecule has 0 fully saturated rings. The highest BCUT2D eigenvalue weighted by Gasteiger charge is 2.09. The summed E-state index contributed by atoms with van der Waals surface area (Å²) in [6, 6.07) is 7.95. The predicted octanol–water partition coefficient (Wildman–Crippen LogP) is 2.33. The van der Waals surface area contributed by atoms with Crippen LogP contribution in [0.3, 0.4) is 0 Å². The van der Waals surface area contributed by atoms with Gasteiger partial charge in [0.15, 0.2) is 0 Å². The van der Waals surface area contributed by atoms with Crippen molar-refractivity contribution in [2.24, 2.45) is 7.05 Å². The standard InChI is InChI=1S/C15H21N3O/c1-11-4-5-14(15(19)10-11)12(2)16-8-6-13-7-9-18(3)17-13/h4-5,7,9-10,12,16,19H,6,8H2,1-3H3. The highest BCUT2D eigenvalue weighted by atomic mass is 16.3. The van der Waals surface area contributed by atoms with Gasteiger partial charge in [0, 0.05) is 37.8 Å². The summed E-state index contributed by atoms with van der Waals surface area (Å²) in [5.41, 5.74) is 3.09. The van der Waals surface area contributed by atoms with E-state index in [1.54, 1.807) is 6.07 Å². The average Bonchev–Trinajstić information content (AvgIpc) is 2.75. The number of nitrogens with zero attached hydrogens (tertiary/aromatic N) is 2. The molecule has 0 aliphatic rings. The molecule has 1 aromatic carbocycles. The Balaban J connectivity index is 1.88. The molecule has 1 heterocycles. The number of aromatic nitrogens is 2. The number of benzene rings is 1. The number of nitrogens with one attached hydrogen (secondary N) is 1. The molecule has 1 aromatic heterocycles. The first-order chi connectivity index (χ1) is 9.06. The minimum atomic E-state index is 0.129. The third kappa shape index (κ3) is 3.58. The number of rotatable bonds is 5. The van der Waals surface area contributed by atoms with E-state index in [2.05, 4.69) is 17.3 Å². The van der Waals surface area contributed by atoms with Gasteiger partial charge >= 0.3 is 0 Å². The van der Waals surface area contributed by atoms with Crippen molar-refractivity contribution in [3.8, 4) is 5.75 Å². The van der Waals surface area contributed by atoms with Crippen LogP contribution in [0, 0.1) is 6.92 Å². The van der Waals surface area contributed by atoms with Crippen LogP contribution in [0.15, 0.2) is 30.5 Å². The Morgan fingerprint density at radius 2 is 2.16 bits per heavy atom. The maximum absolute atomic E-state index is 9.93. The number of aryl methyl sites for hydroxylation is 2. The summed E-state index contributed by atoms with van der Waals surface area (Å²) in [5, 5.41) is 17.7. The number of phenolic OH excluding ortho intramolecular Hbond substituents is 1. The summed E-state index contributed by atoms with van der Waals surface area (Å²) in [6.45, 7) is 4.87. The molecule has 2 aromatic rings. The second kappa shape index (κ2) is 5.89. The Bertz CT molecular complexity index is 548. The highest BCUT2D eigenvalue weighted by molar-refractivity contribution is 5.37. The molecule has 0 spiro atoms. The van der Waals surface area contributed by atoms with Crippen LogP contribution in [0.1, 0.15) is 29.8 Å². The van der Waals surface area contributed by atoms with Crippen molar-refractivity contribution in [3.63, 3.8) is 0 Å². The van der Waals surface area contributed by atoms with Crippen molar-refractivity contribution >= 4 is 0 Å². The molecule has 1 unspecified atom stereocenters. The van der Waals surface area contributed by atoms with Gasteiger partial charge in [0.05, 0.1) is 5.69 Å². The number of hydrogen-bond acceptors (Lipinski definition) is 3. The fraction of sp³-hybridized carbons (Fsp3) is 0.400. The fourth-order valence-corrected chi connectivity index (χ4v) is 2.14. The second-order valence-corrected chi connectivity index (χ2v) is 4.97. The lowest BCUT2D eigenvalue weighted by Crippen LogP contribution is -2.21.